The largest absolute Gasteiger partial charge is 0.480 e. The Hall–Kier alpha value is -1.41. The van der Waals surface area contributed by atoms with Crippen molar-refractivity contribution in [1.29, 1.82) is 0 Å². The highest BCUT2D eigenvalue weighted by molar-refractivity contribution is 5.74. The first-order valence-corrected chi connectivity index (χ1v) is 9.33. The van der Waals surface area contributed by atoms with E-state index in [0.717, 1.165) is 51.7 Å². The van der Waals surface area contributed by atoms with Gasteiger partial charge in [-0.05, 0) is 56.8 Å². The van der Waals surface area contributed by atoms with Gasteiger partial charge in [0.25, 0.3) is 0 Å². The predicted octanol–water partition coefficient (Wildman–Crippen LogP) is 0.757. The number of aliphatic hydroxyl groups is 2. The van der Waals surface area contributed by atoms with Crippen LogP contribution < -0.4 is 0 Å². The lowest BCUT2D eigenvalue weighted by atomic mass is 10.0. The topological polar surface area (TPSA) is 89.2 Å². The maximum atomic E-state index is 11.6. The number of rotatable bonds is 5. The standard InChI is InChI=1S/C18H27N3O4/c22-17(23)14-3-1-7-20(14)11-12-5-9-19-10-6-13(16(12)19)21-8-2-4-15(21)18(24)25/h5,9,13-15,17,22-23H,1-4,6-8,10-11H2,(H,24,25). The van der Waals surface area contributed by atoms with Gasteiger partial charge in [0.15, 0.2) is 6.29 Å². The van der Waals surface area contributed by atoms with Crippen molar-refractivity contribution in [1.82, 2.24) is 14.4 Å². The first kappa shape index (κ1) is 17.0. The van der Waals surface area contributed by atoms with Gasteiger partial charge in [0.2, 0.25) is 0 Å². The molecule has 25 heavy (non-hydrogen) atoms. The van der Waals surface area contributed by atoms with Crippen molar-refractivity contribution in [3.05, 3.63) is 23.5 Å². The predicted molar refractivity (Wildman–Crippen MR) is 90.8 cm³/mol. The van der Waals surface area contributed by atoms with Crippen LogP contribution in [0.3, 0.4) is 0 Å². The van der Waals surface area contributed by atoms with Crippen molar-refractivity contribution in [2.75, 3.05) is 13.1 Å². The first-order valence-electron chi connectivity index (χ1n) is 9.33. The Bertz CT molecular complexity index is 644. The maximum absolute atomic E-state index is 11.6. The number of aliphatic carboxylic acids is 1. The molecule has 4 rings (SSSR count). The van der Waals surface area contributed by atoms with Crippen LogP contribution in [0.25, 0.3) is 0 Å². The molecule has 0 aliphatic carbocycles. The molecule has 0 saturated carbocycles. The molecule has 3 aliphatic heterocycles. The molecule has 0 bridgehead atoms. The van der Waals surface area contributed by atoms with Gasteiger partial charge in [0, 0.05) is 25.0 Å². The molecule has 2 saturated heterocycles. The van der Waals surface area contributed by atoms with Crippen molar-refractivity contribution in [2.45, 2.75) is 69.6 Å². The normalized spacial score (nSPS) is 30.4. The molecule has 7 nitrogen and oxygen atoms in total. The van der Waals surface area contributed by atoms with E-state index in [1.807, 2.05) is 0 Å². The fourth-order valence-electron chi connectivity index (χ4n) is 5.02. The molecular weight excluding hydrogens is 322 g/mol. The number of fused-ring (bicyclic) bond motifs is 1. The van der Waals surface area contributed by atoms with Crippen molar-refractivity contribution in [3.8, 4) is 0 Å². The number of likely N-dealkylation sites (tertiary alicyclic amines) is 2. The molecule has 3 unspecified atom stereocenters. The molecule has 3 aliphatic rings. The van der Waals surface area contributed by atoms with E-state index in [0.29, 0.717) is 6.54 Å². The van der Waals surface area contributed by atoms with Crippen LogP contribution in [-0.4, -0.2) is 67.1 Å². The monoisotopic (exact) mass is 349 g/mol. The number of carbonyl (C=O) groups is 1. The number of aryl methyl sites for hydroxylation is 1. The Labute approximate surface area is 147 Å². The van der Waals surface area contributed by atoms with E-state index in [1.54, 1.807) is 0 Å². The molecule has 2 fully saturated rings. The van der Waals surface area contributed by atoms with E-state index in [1.165, 1.54) is 11.3 Å². The van der Waals surface area contributed by atoms with Crippen LogP contribution in [0.4, 0.5) is 0 Å². The number of aromatic nitrogens is 1. The Balaban J connectivity index is 1.56. The highest BCUT2D eigenvalue weighted by atomic mass is 16.5. The molecule has 7 heteroatoms. The van der Waals surface area contributed by atoms with E-state index >= 15 is 0 Å². The summed E-state index contributed by atoms with van der Waals surface area (Å²) >= 11 is 0. The number of aliphatic hydroxyl groups excluding tert-OH is 1. The van der Waals surface area contributed by atoms with Gasteiger partial charge in [-0.25, -0.2) is 0 Å². The van der Waals surface area contributed by atoms with Crippen LogP contribution in [0.2, 0.25) is 0 Å². The number of carboxylic acids is 1. The quantitative estimate of drug-likeness (QED) is 0.680. The minimum atomic E-state index is -1.30. The van der Waals surface area contributed by atoms with Crippen LogP contribution >= 0.6 is 0 Å². The Morgan fingerprint density at radius 3 is 2.72 bits per heavy atom. The highest BCUT2D eigenvalue weighted by Gasteiger charge is 2.40. The third-order valence-corrected chi connectivity index (χ3v) is 6.16. The maximum Gasteiger partial charge on any atom is 0.320 e. The Kier molecular flexibility index (Phi) is 4.58. The van der Waals surface area contributed by atoms with Crippen molar-refractivity contribution in [2.24, 2.45) is 0 Å². The van der Waals surface area contributed by atoms with Crippen LogP contribution in [0.15, 0.2) is 12.3 Å². The van der Waals surface area contributed by atoms with Crippen LogP contribution in [0.5, 0.6) is 0 Å². The van der Waals surface area contributed by atoms with Gasteiger partial charge in [-0.15, -0.1) is 0 Å². The van der Waals surface area contributed by atoms with E-state index in [9.17, 15) is 20.1 Å². The Morgan fingerprint density at radius 1 is 1.16 bits per heavy atom. The summed E-state index contributed by atoms with van der Waals surface area (Å²) in [6.07, 6.45) is 5.21. The zero-order chi connectivity index (χ0) is 17.6. The first-order chi connectivity index (χ1) is 12.1. The summed E-state index contributed by atoms with van der Waals surface area (Å²) < 4.78 is 2.25. The highest BCUT2D eigenvalue weighted by Crippen LogP contribution is 2.39. The van der Waals surface area contributed by atoms with Crippen LogP contribution in [0.1, 0.15) is 49.4 Å². The van der Waals surface area contributed by atoms with Gasteiger partial charge >= 0.3 is 5.97 Å². The minimum Gasteiger partial charge on any atom is -0.480 e. The molecule has 138 valence electrons. The lowest BCUT2D eigenvalue weighted by Crippen LogP contribution is -2.40. The summed E-state index contributed by atoms with van der Waals surface area (Å²) in [6.45, 7) is 3.34. The zero-order valence-corrected chi connectivity index (χ0v) is 14.4. The second-order valence-corrected chi connectivity index (χ2v) is 7.55. The summed E-state index contributed by atoms with van der Waals surface area (Å²) in [5.74, 6) is -0.716. The fraction of sp³-hybridized carbons (Fsp3) is 0.722. The van der Waals surface area contributed by atoms with E-state index in [4.69, 9.17) is 0 Å². The SMILES string of the molecule is O=C(O)C1CCCN1C1CCn2ccc(CN3CCCC3C(O)O)c21. The summed E-state index contributed by atoms with van der Waals surface area (Å²) in [7, 11) is 0. The van der Waals surface area contributed by atoms with Gasteiger partial charge in [0.05, 0.1) is 12.1 Å². The average molecular weight is 349 g/mol. The molecule has 0 radical (unpaired) electrons. The third-order valence-electron chi connectivity index (χ3n) is 6.16. The van der Waals surface area contributed by atoms with Crippen molar-refractivity contribution >= 4 is 5.97 Å². The van der Waals surface area contributed by atoms with Gasteiger partial charge in [0.1, 0.15) is 6.04 Å². The van der Waals surface area contributed by atoms with E-state index < -0.39 is 12.3 Å². The molecular formula is C18H27N3O4. The third kappa shape index (κ3) is 2.99. The smallest absolute Gasteiger partial charge is 0.320 e. The van der Waals surface area contributed by atoms with Crippen LogP contribution in [-0.2, 0) is 17.9 Å². The zero-order valence-electron chi connectivity index (χ0n) is 14.4. The average Bonchev–Trinajstić information content (AvgIpc) is 3.32. The second-order valence-electron chi connectivity index (χ2n) is 7.55. The summed E-state index contributed by atoms with van der Waals surface area (Å²) in [5, 5.41) is 28.7. The molecule has 1 aromatic rings. The number of nitrogens with zero attached hydrogens (tertiary/aromatic N) is 3. The lowest BCUT2D eigenvalue weighted by molar-refractivity contribution is -0.143. The summed E-state index contributed by atoms with van der Waals surface area (Å²) in [5.41, 5.74) is 2.43. The molecule has 0 spiro atoms. The molecule has 0 aromatic carbocycles. The van der Waals surface area contributed by atoms with Crippen molar-refractivity contribution in [3.63, 3.8) is 0 Å². The van der Waals surface area contributed by atoms with E-state index in [-0.39, 0.29) is 18.1 Å². The molecule has 3 atom stereocenters. The summed E-state index contributed by atoms with van der Waals surface area (Å²) in [6, 6.07) is 1.70. The number of hydrogen-bond acceptors (Lipinski definition) is 5. The van der Waals surface area contributed by atoms with E-state index in [2.05, 4.69) is 26.6 Å². The number of hydrogen-bond donors (Lipinski definition) is 3. The molecule has 3 N–H and O–H groups in total. The van der Waals surface area contributed by atoms with Gasteiger partial charge < -0.3 is 19.9 Å². The van der Waals surface area contributed by atoms with Gasteiger partial charge in [-0.3, -0.25) is 14.6 Å². The lowest BCUT2D eigenvalue weighted by Gasteiger charge is -2.30. The van der Waals surface area contributed by atoms with Gasteiger partial charge in [-0.1, -0.05) is 0 Å². The van der Waals surface area contributed by atoms with Crippen LogP contribution in [0, 0.1) is 0 Å². The van der Waals surface area contributed by atoms with Gasteiger partial charge in [-0.2, -0.15) is 0 Å². The summed E-state index contributed by atoms with van der Waals surface area (Å²) in [4.78, 5) is 15.9. The number of carboxylic acid groups (broad SMARTS) is 1. The fourth-order valence-corrected chi connectivity index (χ4v) is 5.02. The minimum absolute atomic E-state index is 0.161. The van der Waals surface area contributed by atoms with Crippen molar-refractivity contribution < 1.29 is 20.1 Å². The molecule has 1 aromatic heterocycles. The Morgan fingerprint density at radius 2 is 1.96 bits per heavy atom. The second kappa shape index (κ2) is 6.72. The molecule has 4 heterocycles. The molecule has 0 amide bonds.